The van der Waals surface area contributed by atoms with Crippen molar-refractivity contribution in [2.45, 2.75) is 45.6 Å². The molecule has 0 radical (unpaired) electrons. The number of carbonyl (C=O) groups is 2. The molecule has 10 heteroatoms. The summed E-state index contributed by atoms with van der Waals surface area (Å²) in [6.45, 7) is 8.73. The maximum atomic E-state index is 13.2. The van der Waals surface area contributed by atoms with Crippen LogP contribution in [0, 0.1) is 6.92 Å². The molecule has 0 unspecified atom stereocenters. The third-order valence-corrected chi connectivity index (χ3v) is 7.39. The van der Waals surface area contributed by atoms with Crippen molar-refractivity contribution in [2.75, 3.05) is 25.0 Å². The van der Waals surface area contributed by atoms with Gasteiger partial charge in [-0.1, -0.05) is 12.5 Å². The van der Waals surface area contributed by atoms with Crippen LogP contribution in [0.4, 0.5) is 5.69 Å². The summed E-state index contributed by atoms with van der Waals surface area (Å²) >= 11 is 0. The van der Waals surface area contributed by atoms with E-state index in [1.54, 1.807) is 40.8 Å². The molecule has 1 saturated heterocycles. The van der Waals surface area contributed by atoms with Gasteiger partial charge in [0.1, 0.15) is 0 Å². The van der Waals surface area contributed by atoms with E-state index in [4.69, 9.17) is 0 Å². The van der Waals surface area contributed by atoms with Crippen molar-refractivity contribution in [3.05, 3.63) is 66.0 Å². The number of rotatable bonds is 7. The Balaban J connectivity index is 1.26. The Morgan fingerprint density at radius 2 is 1.87 bits per heavy atom. The van der Waals surface area contributed by atoms with Crippen molar-refractivity contribution >= 4 is 23.0 Å². The number of carbonyl (C=O) groups excluding carboxylic acids is 2. The molecule has 2 amide bonds. The summed E-state index contributed by atoms with van der Waals surface area (Å²) in [5, 5.41) is 14.5. The number of amides is 2. The van der Waals surface area contributed by atoms with Crippen LogP contribution in [0.5, 0.6) is 0 Å². The van der Waals surface area contributed by atoms with Gasteiger partial charge in [0, 0.05) is 55.4 Å². The third-order valence-electron chi connectivity index (χ3n) is 7.39. The summed E-state index contributed by atoms with van der Waals surface area (Å²) in [6.07, 6.45) is 12.3. The minimum atomic E-state index is -0.316. The number of anilines is 1. The van der Waals surface area contributed by atoms with Crippen LogP contribution in [-0.2, 0) is 7.05 Å². The van der Waals surface area contributed by atoms with Crippen LogP contribution in [0.15, 0.2) is 49.2 Å². The first kappa shape index (κ1) is 25.6. The van der Waals surface area contributed by atoms with Crippen molar-refractivity contribution in [2.24, 2.45) is 7.05 Å². The average Bonchev–Trinajstić information content (AvgIpc) is 3.52. The molecular weight excluding hydrogens is 480 g/mol. The maximum absolute atomic E-state index is 13.2. The highest BCUT2D eigenvalue weighted by atomic mass is 16.2. The Hall–Kier alpha value is -4.05. The van der Waals surface area contributed by atoms with Gasteiger partial charge in [-0.3, -0.25) is 24.2 Å². The molecule has 0 spiro atoms. The molecule has 4 aromatic rings. The second-order valence-corrected chi connectivity index (χ2v) is 10.5. The van der Waals surface area contributed by atoms with E-state index in [1.807, 2.05) is 31.6 Å². The van der Waals surface area contributed by atoms with Crippen LogP contribution < -0.4 is 10.6 Å². The number of likely N-dealkylation sites (tertiary alicyclic amines) is 1. The van der Waals surface area contributed by atoms with Crippen molar-refractivity contribution in [1.82, 2.24) is 34.6 Å². The van der Waals surface area contributed by atoms with Gasteiger partial charge < -0.3 is 10.6 Å². The van der Waals surface area contributed by atoms with Crippen LogP contribution in [-0.4, -0.2) is 66.3 Å². The lowest BCUT2D eigenvalue weighted by Gasteiger charge is -2.42. The van der Waals surface area contributed by atoms with E-state index in [9.17, 15) is 9.59 Å². The number of aromatic nitrogens is 5. The summed E-state index contributed by atoms with van der Waals surface area (Å²) in [4.78, 5) is 32.8. The highest BCUT2D eigenvalue weighted by Gasteiger charge is 2.29. The molecule has 5 rings (SSSR count). The number of pyridine rings is 2. The van der Waals surface area contributed by atoms with Gasteiger partial charge in [0.15, 0.2) is 0 Å². The fourth-order valence-electron chi connectivity index (χ4n) is 5.02. The number of aryl methyl sites for hydroxylation is 2. The highest BCUT2D eigenvalue weighted by Crippen LogP contribution is 2.26. The lowest BCUT2D eigenvalue weighted by atomic mass is 9.90. The Bertz CT molecular complexity index is 1490. The largest absolute Gasteiger partial charge is 0.351 e. The van der Waals surface area contributed by atoms with Crippen LogP contribution in [0.3, 0.4) is 0 Å². The smallest absolute Gasteiger partial charge is 0.259 e. The van der Waals surface area contributed by atoms with Gasteiger partial charge in [0.2, 0.25) is 0 Å². The Morgan fingerprint density at radius 1 is 1.03 bits per heavy atom. The first-order valence-corrected chi connectivity index (χ1v) is 13.0. The van der Waals surface area contributed by atoms with E-state index in [-0.39, 0.29) is 17.4 Å². The van der Waals surface area contributed by atoms with Crippen molar-refractivity contribution in [3.63, 3.8) is 0 Å². The second kappa shape index (κ2) is 10.4. The molecule has 198 valence electrons. The Morgan fingerprint density at radius 3 is 2.63 bits per heavy atom. The molecule has 1 aliphatic rings. The number of hydrogen-bond donors (Lipinski definition) is 2. The van der Waals surface area contributed by atoms with E-state index in [0.29, 0.717) is 34.6 Å². The molecule has 38 heavy (non-hydrogen) atoms. The van der Waals surface area contributed by atoms with Gasteiger partial charge in [0.25, 0.3) is 11.8 Å². The molecule has 0 bridgehead atoms. The van der Waals surface area contributed by atoms with E-state index in [0.717, 1.165) is 24.2 Å². The second-order valence-electron chi connectivity index (χ2n) is 10.5. The van der Waals surface area contributed by atoms with Crippen LogP contribution in [0.1, 0.15) is 59.5 Å². The van der Waals surface area contributed by atoms with E-state index in [2.05, 4.69) is 44.6 Å². The quantitative estimate of drug-likeness (QED) is 0.389. The highest BCUT2D eigenvalue weighted by molar-refractivity contribution is 6.09. The molecular formula is C28H34N8O2. The predicted octanol–water partition coefficient (Wildman–Crippen LogP) is 3.68. The zero-order valence-electron chi connectivity index (χ0n) is 22.4. The minimum Gasteiger partial charge on any atom is -0.351 e. The van der Waals surface area contributed by atoms with Gasteiger partial charge in [-0.15, -0.1) is 0 Å². The molecule has 0 aromatic carbocycles. The Kier molecular flexibility index (Phi) is 6.98. The fourth-order valence-corrected chi connectivity index (χ4v) is 5.02. The lowest BCUT2D eigenvalue weighted by Crippen LogP contribution is -2.50. The average molecular weight is 515 g/mol. The molecule has 0 saturated carbocycles. The molecule has 0 aliphatic carbocycles. The lowest BCUT2D eigenvalue weighted by molar-refractivity contribution is 0.0745. The minimum absolute atomic E-state index is 0.157. The predicted molar refractivity (Wildman–Crippen MR) is 146 cm³/mol. The van der Waals surface area contributed by atoms with Gasteiger partial charge in [-0.2, -0.15) is 10.2 Å². The SMILES string of the molecule is Cc1ncc(C(=O)NCCN2CCCCC2(C)C)cc1NC(=O)c1cnn2cc(-c3cnn(C)c3)ccc12. The molecule has 5 heterocycles. The Labute approximate surface area is 222 Å². The van der Waals surface area contributed by atoms with Crippen LogP contribution in [0.25, 0.3) is 16.6 Å². The number of hydrogen-bond acceptors (Lipinski definition) is 6. The fraction of sp³-hybridized carbons (Fsp3) is 0.393. The molecule has 10 nitrogen and oxygen atoms in total. The van der Waals surface area contributed by atoms with Gasteiger partial charge in [-0.05, 0) is 52.3 Å². The molecule has 2 N–H and O–H groups in total. The first-order chi connectivity index (χ1) is 18.2. The maximum Gasteiger partial charge on any atom is 0.259 e. The molecule has 4 aromatic heterocycles. The van der Waals surface area contributed by atoms with Crippen molar-refractivity contribution in [1.29, 1.82) is 0 Å². The summed E-state index contributed by atoms with van der Waals surface area (Å²) in [5.41, 5.74) is 4.70. The number of nitrogens with one attached hydrogen (secondary N) is 2. The topological polar surface area (TPSA) is 109 Å². The standard InChI is InChI=1S/C28H34N8O2/c1-19-24(13-21(14-30-19)26(37)29-10-12-35-11-6-5-9-28(35,2)3)33-27(38)23-16-32-36-18-20(7-8-25(23)36)22-15-31-34(4)17-22/h7-8,13-18H,5-6,9-12H2,1-4H3,(H,29,37)(H,33,38). The van der Waals surface area contributed by atoms with Crippen molar-refractivity contribution in [3.8, 4) is 11.1 Å². The monoisotopic (exact) mass is 514 g/mol. The normalized spacial score (nSPS) is 15.5. The van der Waals surface area contributed by atoms with Crippen LogP contribution in [0.2, 0.25) is 0 Å². The number of piperidine rings is 1. The van der Waals surface area contributed by atoms with E-state index >= 15 is 0 Å². The number of nitrogens with zero attached hydrogens (tertiary/aromatic N) is 6. The number of fused-ring (bicyclic) bond motifs is 1. The summed E-state index contributed by atoms with van der Waals surface area (Å²) in [5.74, 6) is -0.523. The summed E-state index contributed by atoms with van der Waals surface area (Å²) in [7, 11) is 1.87. The third kappa shape index (κ3) is 5.31. The van der Waals surface area contributed by atoms with Gasteiger partial charge in [-0.25, -0.2) is 4.52 Å². The van der Waals surface area contributed by atoms with Gasteiger partial charge >= 0.3 is 0 Å². The van der Waals surface area contributed by atoms with E-state index in [1.165, 1.54) is 19.3 Å². The first-order valence-electron chi connectivity index (χ1n) is 13.0. The summed E-state index contributed by atoms with van der Waals surface area (Å²) in [6, 6.07) is 5.48. The van der Waals surface area contributed by atoms with Gasteiger partial charge in [0.05, 0.1) is 40.4 Å². The zero-order chi connectivity index (χ0) is 26.9. The molecule has 1 aliphatic heterocycles. The van der Waals surface area contributed by atoms with E-state index < -0.39 is 0 Å². The zero-order valence-corrected chi connectivity index (χ0v) is 22.4. The molecule has 1 fully saturated rings. The molecule has 0 atom stereocenters. The van der Waals surface area contributed by atoms with Crippen LogP contribution >= 0.6 is 0 Å². The summed E-state index contributed by atoms with van der Waals surface area (Å²) < 4.78 is 3.41. The van der Waals surface area contributed by atoms with Crippen molar-refractivity contribution < 1.29 is 9.59 Å².